The minimum atomic E-state index is -1.35. The Bertz CT molecular complexity index is 838. The molecule has 7 heteroatoms. The second kappa shape index (κ2) is 6.63. The summed E-state index contributed by atoms with van der Waals surface area (Å²) in [5.41, 5.74) is 1.64. The summed E-state index contributed by atoms with van der Waals surface area (Å²) in [6.07, 6.45) is 1.43. The normalized spacial score (nSPS) is 16.4. The zero-order valence-corrected chi connectivity index (χ0v) is 13.5. The Morgan fingerprint density at radius 2 is 2.12 bits per heavy atom. The van der Waals surface area contributed by atoms with E-state index in [0.717, 1.165) is 10.2 Å². The number of hydrogen-bond donors (Lipinski definition) is 0. The van der Waals surface area contributed by atoms with Crippen molar-refractivity contribution in [2.24, 2.45) is 0 Å². The molecule has 2 aromatic rings. The van der Waals surface area contributed by atoms with Crippen molar-refractivity contribution in [3.63, 3.8) is 0 Å². The van der Waals surface area contributed by atoms with Gasteiger partial charge in [-0.3, -0.25) is 0 Å². The van der Waals surface area contributed by atoms with Crippen molar-refractivity contribution in [2.75, 3.05) is 13.2 Å². The van der Waals surface area contributed by atoms with E-state index >= 15 is 0 Å². The summed E-state index contributed by atoms with van der Waals surface area (Å²) in [6.45, 7) is 5.33. The highest BCUT2D eigenvalue weighted by molar-refractivity contribution is 5.88. The van der Waals surface area contributed by atoms with Crippen LogP contribution in [0.15, 0.2) is 48.7 Å². The average molecular weight is 346 g/mol. The first-order valence-corrected chi connectivity index (χ1v) is 7.64. The predicted octanol–water partition coefficient (Wildman–Crippen LogP) is 3.04. The number of ether oxygens (including phenoxy) is 2. The molecular weight excluding hydrogens is 330 g/mol. The van der Waals surface area contributed by atoms with E-state index in [1.165, 1.54) is 6.08 Å². The van der Waals surface area contributed by atoms with Gasteiger partial charge in [0.15, 0.2) is 11.3 Å². The van der Waals surface area contributed by atoms with Crippen LogP contribution >= 0.6 is 0 Å². The lowest BCUT2D eigenvalue weighted by Gasteiger charge is -2.37. The van der Waals surface area contributed by atoms with E-state index in [4.69, 9.17) is 9.47 Å². The van der Waals surface area contributed by atoms with Gasteiger partial charge in [0.2, 0.25) is 5.82 Å². The number of carbonyl (C=O) groups is 1. The molecule has 2 heterocycles. The first-order valence-electron chi connectivity index (χ1n) is 7.64. The molecule has 1 aliphatic rings. The number of halogens is 2. The summed E-state index contributed by atoms with van der Waals surface area (Å²) < 4.78 is 39.3. The number of esters is 1. The molecule has 1 aromatic heterocycles. The highest BCUT2D eigenvalue weighted by Crippen LogP contribution is 2.28. The maximum atomic E-state index is 14.2. The van der Waals surface area contributed by atoms with E-state index in [-0.39, 0.29) is 13.2 Å². The van der Waals surface area contributed by atoms with Gasteiger partial charge in [0.25, 0.3) is 5.95 Å². The average Bonchev–Trinajstić information content (AvgIpc) is 2.88. The lowest BCUT2D eigenvalue weighted by Crippen LogP contribution is -2.51. The molecule has 1 atom stereocenters. The summed E-state index contributed by atoms with van der Waals surface area (Å²) in [6, 6.07) is 8.38. The minimum Gasteiger partial charge on any atom is -0.444 e. The fourth-order valence-electron chi connectivity index (χ4n) is 2.62. The molecule has 25 heavy (non-hydrogen) atoms. The van der Waals surface area contributed by atoms with Crippen molar-refractivity contribution in [1.29, 1.82) is 0 Å². The monoisotopic (exact) mass is 346 g/mol. The Labute approximate surface area is 143 Å². The van der Waals surface area contributed by atoms with Crippen molar-refractivity contribution < 1.29 is 23.0 Å². The van der Waals surface area contributed by atoms with Crippen molar-refractivity contribution in [1.82, 2.24) is 9.78 Å². The maximum absolute atomic E-state index is 14.2. The number of carbonyl (C=O) groups excluding carboxylic acids is 1. The van der Waals surface area contributed by atoms with Crippen LogP contribution in [0.4, 0.5) is 8.78 Å². The fourth-order valence-corrected chi connectivity index (χ4v) is 2.62. The highest BCUT2D eigenvalue weighted by atomic mass is 19.2. The Morgan fingerprint density at radius 1 is 1.44 bits per heavy atom. The topological polar surface area (TPSA) is 53.3 Å². The summed E-state index contributed by atoms with van der Waals surface area (Å²) in [7, 11) is 0. The highest BCUT2D eigenvalue weighted by Gasteiger charge is 2.42. The van der Waals surface area contributed by atoms with Gasteiger partial charge in [0.1, 0.15) is 0 Å². The summed E-state index contributed by atoms with van der Waals surface area (Å²) >= 11 is 0. The van der Waals surface area contributed by atoms with Gasteiger partial charge < -0.3 is 9.47 Å². The fraction of sp³-hybridized carbons (Fsp3) is 0.278. The van der Waals surface area contributed by atoms with E-state index < -0.39 is 35.1 Å². The molecule has 0 unspecified atom stereocenters. The van der Waals surface area contributed by atoms with Gasteiger partial charge in [-0.15, -0.1) is 10.8 Å². The molecule has 0 radical (unpaired) electrons. The Morgan fingerprint density at radius 3 is 2.68 bits per heavy atom. The van der Waals surface area contributed by atoms with Crippen LogP contribution in [0.3, 0.4) is 0 Å². The summed E-state index contributed by atoms with van der Waals surface area (Å²) in [5.74, 6) is -3.72. The van der Waals surface area contributed by atoms with Crippen LogP contribution < -0.4 is 0 Å². The molecule has 1 aromatic carbocycles. The van der Waals surface area contributed by atoms with Crippen LogP contribution in [-0.2, 0) is 9.47 Å². The van der Waals surface area contributed by atoms with E-state index in [2.05, 4.69) is 17.4 Å². The Balaban J connectivity index is 1.96. The van der Waals surface area contributed by atoms with Gasteiger partial charge in [-0.1, -0.05) is 36.9 Å². The third-order valence-electron chi connectivity index (χ3n) is 4.01. The Kier molecular flexibility index (Phi) is 4.53. The third-order valence-corrected chi connectivity index (χ3v) is 4.01. The molecule has 1 saturated heterocycles. The zero-order chi connectivity index (χ0) is 18.0. The van der Waals surface area contributed by atoms with E-state index in [1.54, 1.807) is 31.2 Å². The molecule has 5 nitrogen and oxygen atoms in total. The molecule has 1 aliphatic heterocycles. The molecule has 3 rings (SSSR count). The van der Waals surface area contributed by atoms with Gasteiger partial charge in [0.05, 0.1) is 19.3 Å². The van der Waals surface area contributed by atoms with E-state index in [9.17, 15) is 13.6 Å². The lowest BCUT2D eigenvalue weighted by atomic mass is 10.0. The SMILES string of the molecule is C=C=CC1(OC(=O)c2c(F)c(F)nn2[C@H](C)c2ccccc2)COC1. The predicted molar refractivity (Wildman–Crippen MR) is 85.1 cm³/mol. The van der Waals surface area contributed by atoms with Crippen LogP contribution in [-0.4, -0.2) is 34.6 Å². The van der Waals surface area contributed by atoms with Crippen LogP contribution in [0.2, 0.25) is 0 Å². The smallest absolute Gasteiger partial charge is 0.360 e. The van der Waals surface area contributed by atoms with Crippen LogP contribution in [0.5, 0.6) is 0 Å². The third kappa shape index (κ3) is 3.12. The van der Waals surface area contributed by atoms with Crippen LogP contribution in [0.1, 0.15) is 29.0 Å². The molecule has 0 bridgehead atoms. The second-order valence-electron chi connectivity index (χ2n) is 5.78. The summed E-state index contributed by atoms with van der Waals surface area (Å²) in [5, 5.41) is 3.53. The van der Waals surface area contributed by atoms with Gasteiger partial charge in [-0.2, -0.15) is 8.78 Å². The molecule has 0 amide bonds. The number of benzene rings is 1. The standard InChI is InChI=1S/C18H16F2N2O3/c1-3-9-18(10-24-11-18)25-17(23)15-14(19)16(20)21-22(15)12(2)13-7-5-4-6-8-13/h4-9,12H,1,10-11H2,2H3/t12-/m1/s1. The van der Waals surface area contributed by atoms with E-state index in [0.29, 0.717) is 0 Å². The number of aromatic nitrogens is 2. The molecular formula is C18H16F2N2O3. The van der Waals surface area contributed by atoms with Gasteiger partial charge >= 0.3 is 5.97 Å². The largest absolute Gasteiger partial charge is 0.444 e. The van der Waals surface area contributed by atoms with E-state index in [1.807, 2.05) is 6.07 Å². The van der Waals surface area contributed by atoms with Gasteiger partial charge in [-0.25, -0.2) is 9.48 Å². The zero-order valence-electron chi connectivity index (χ0n) is 13.5. The van der Waals surface area contributed by atoms with Crippen molar-refractivity contribution in [3.8, 4) is 0 Å². The molecule has 1 fully saturated rings. The van der Waals surface area contributed by atoms with Crippen LogP contribution in [0, 0.1) is 11.8 Å². The first kappa shape index (κ1) is 17.1. The number of nitrogens with zero attached hydrogens (tertiary/aromatic N) is 2. The van der Waals surface area contributed by atoms with Gasteiger partial charge in [0, 0.05) is 6.08 Å². The van der Waals surface area contributed by atoms with Crippen molar-refractivity contribution in [3.05, 3.63) is 71.7 Å². The first-order chi connectivity index (χ1) is 12.0. The quantitative estimate of drug-likeness (QED) is 0.617. The maximum Gasteiger partial charge on any atom is 0.360 e. The second-order valence-corrected chi connectivity index (χ2v) is 5.78. The minimum absolute atomic E-state index is 0.105. The molecule has 0 N–H and O–H groups in total. The van der Waals surface area contributed by atoms with Crippen molar-refractivity contribution >= 4 is 5.97 Å². The Hall–Kier alpha value is -2.76. The van der Waals surface area contributed by atoms with Crippen LogP contribution in [0.25, 0.3) is 0 Å². The molecule has 130 valence electrons. The lowest BCUT2D eigenvalue weighted by molar-refractivity contribution is -0.152. The molecule has 0 aliphatic carbocycles. The number of rotatable bonds is 5. The van der Waals surface area contributed by atoms with Crippen molar-refractivity contribution in [2.45, 2.75) is 18.6 Å². The summed E-state index contributed by atoms with van der Waals surface area (Å²) in [4.78, 5) is 12.5. The van der Waals surface area contributed by atoms with Gasteiger partial charge in [-0.05, 0) is 12.5 Å². The number of hydrogen-bond acceptors (Lipinski definition) is 4. The molecule has 0 saturated carbocycles. The molecule has 0 spiro atoms.